The Labute approximate surface area is 95.9 Å². The molecular formula is C8H6Cl3NO2. The molecule has 0 fully saturated rings. The lowest BCUT2D eigenvalue weighted by Gasteiger charge is -2.04. The Balaban J connectivity index is 2.79. The molecule has 0 amide bonds. The predicted molar refractivity (Wildman–Crippen MR) is 55.0 cm³/mol. The lowest BCUT2D eigenvalue weighted by atomic mass is 10.3. The van der Waals surface area contributed by atoms with Crippen molar-refractivity contribution in [2.24, 2.45) is 0 Å². The monoisotopic (exact) mass is 253 g/mol. The second-order valence-corrected chi connectivity index (χ2v) is 3.58. The summed E-state index contributed by atoms with van der Waals surface area (Å²) in [7, 11) is 0. The number of halogens is 3. The first kappa shape index (κ1) is 11.6. The van der Waals surface area contributed by atoms with Crippen LogP contribution >= 0.6 is 34.8 Å². The largest absolute Gasteiger partial charge is 0.467 e. The Morgan fingerprint density at radius 3 is 2.79 bits per heavy atom. The molecule has 0 aliphatic rings. The summed E-state index contributed by atoms with van der Waals surface area (Å²) in [5.41, 5.74) is 0.519. The summed E-state index contributed by atoms with van der Waals surface area (Å²) in [5, 5.41) is 0.943. The van der Waals surface area contributed by atoms with Crippen molar-refractivity contribution in [1.82, 2.24) is 4.98 Å². The number of aromatic nitrogens is 1. The first-order valence-electron chi connectivity index (χ1n) is 3.71. The predicted octanol–water partition coefficient (Wildman–Crippen LogP) is 2.76. The van der Waals surface area contributed by atoms with Gasteiger partial charge in [-0.2, -0.15) is 0 Å². The van der Waals surface area contributed by atoms with Crippen molar-refractivity contribution < 1.29 is 9.53 Å². The summed E-state index contributed by atoms with van der Waals surface area (Å²) < 4.78 is 4.51. The van der Waals surface area contributed by atoms with Gasteiger partial charge in [-0.1, -0.05) is 34.8 Å². The molecule has 0 bridgehead atoms. The molecule has 0 saturated carbocycles. The van der Waals surface area contributed by atoms with Crippen molar-refractivity contribution in [1.29, 1.82) is 0 Å². The molecular weight excluding hydrogens is 248 g/mol. The van der Waals surface area contributed by atoms with Gasteiger partial charge < -0.3 is 4.74 Å². The van der Waals surface area contributed by atoms with Gasteiger partial charge in [0.25, 0.3) is 6.47 Å². The van der Waals surface area contributed by atoms with Crippen LogP contribution in [0.4, 0.5) is 0 Å². The molecule has 0 aromatic carbocycles. The van der Waals surface area contributed by atoms with E-state index in [-0.39, 0.29) is 11.8 Å². The number of ether oxygens (including phenoxy) is 1. The highest BCUT2D eigenvalue weighted by molar-refractivity contribution is 6.43. The maximum atomic E-state index is 9.89. The van der Waals surface area contributed by atoms with Crippen LogP contribution in [-0.4, -0.2) is 18.1 Å². The molecule has 0 radical (unpaired) electrons. The first-order valence-corrected chi connectivity index (χ1v) is 4.84. The van der Waals surface area contributed by atoms with Crippen LogP contribution in [-0.2, 0) is 16.0 Å². The van der Waals surface area contributed by atoms with Gasteiger partial charge in [0, 0.05) is 6.42 Å². The van der Waals surface area contributed by atoms with Gasteiger partial charge in [-0.25, -0.2) is 4.98 Å². The highest BCUT2D eigenvalue weighted by Crippen LogP contribution is 2.27. The Kier molecular flexibility index (Phi) is 4.45. The zero-order chi connectivity index (χ0) is 10.6. The van der Waals surface area contributed by atoms with Crippen molar-refractivity contribution in [2.75, 3.05) is 6.61 Å². The van der Waals surface area contributed by atoms with E-state index in [9.17, 15) is 4.79 Å². The van der Waals surface area contributed by atoms with Gasteiger partial charge >= 0.3 is 0 Å². The molecule has 1 aromatic rings. The lowest BCUT2D eigenvalue weighted by molar-refractivity contribution is -0.128. The number of hydrogen-bond acceptors (Lipinski definition) is 3. The molecule has 0 saturated heterocycles. The van der Waals surface area contributed by atoms with Gasteiger partial charge in [0.1, 0.15) is 5.15 Å². The summed E-state index contributed by atoms with van der Waals surface area (Å²) in [6.07, 6.45) is 0.387. The number of nitrogens with zero attached hydrogens (tertiary/aromatic N) is 1. The Hall–Kier alpha value is -0.510. The van der Waals surface area contributed by atoms with Gasteiger partial charge in [-0.3, -0.25) is 4.79 Å². The van der Waals surface area contributed by atoms with Crippen LogP contribution in [0.3, 0.4) is 0 Å². The summed E-state index contributed by atoms with van der Waals surface area (Å²) in [4.78, 5) is 13.8. The van der Waals surface area contributed by atoms with Gasteiger partial charge in [-0.15, -0.1) is 0 Å². The molecule has 0 unspecified atom stereocenters. The highest BCUT2D eigenvalue weighted by Gasteiger charge is 2.08. The second kappa shape index (κ2) is 5.39. The fourth-order valence-corrected chi connectivity index (χ4v) is 1.56. The van der Waals surface area contributed by atoms with Gasteiger partial charge in [0.2, 0.25) is 0 Å². The SMILES string of the molecule is O=COCCc1nc(Cl)cc(Cl)c1Cl. The quantitative estimate of drug-likeness (QED) is 0.471. The number of rotatable bonds is 4. The lowest BCUT2D eigenvalue weighted by Crippen LogP contribution is -2.00. The van der Waals surface area contributed by atoms with E-state index in [0.29, 0.717) is 28.6 Å². The minimum absolute atomic E-state index is 0.201. The third kappa shape index (κ3) is 3.01. The highest BCUT2D eigenvalue weighted by atomic mass is 35.5. The zero-order valence-electron chi connectivity index (χ0n) is 6.97. The van der Waals surface area contributed by atoms with Crippen LogP contribution < -0.4 is 0 Å². The van der Waals surface area contributed by atoms with Crippen LogP contribution in [0.15, 0.2) is 6.07 Å². The summed E-state index contributed by atoms with van der Waals surface area (Å²) in [6, 6.07) is 1.45. The smallest absolute Gasteiger partial charge is 0.293 e. The third-order valence-electron chi connectivity index (χ3n) is 1.48. The molecule has 14 heavy (non-hydrogen) atoms. The summed E-state index contributed by atoms with van der Waals surface area (Å²) >= 11 is 17.3. The molecule has 76 valence electrons. The zero-order valence-corrected chi connectivity index (χ0v) is 9.23. The molecule has 0 N–H and O–H groups in total. The van der Waals surface area contributed by atoms with E-state index in [1.165, 1.54) is 6.07 Å². The third-order valence-corrected chi connectivity index (χ3v) is 2.49. The second-order valence-electron chi connectivity index (χ2n) is 2.40. The number of hydrogen-bond donors (Lipinski definition) is 0. The summed E-state index contributed by atoms with van der Waals surface area (Å²) in [5.74, 6) is 0. The molecule has 0 spiro atoms. The van der Waals surface area contributed by atoms with Crippen molar-refractivity contribution in [3.8, 4) is 0 Å². The molecule has 1 rings (SSSR count). The van der Waals surface area contributed by atoms with Crippen molar-refractivity contribution >= 4 is 41.3 Å². The van der Waals surface area contributed by atoms with Gasteiger partial charge in [0.15, 0.2) is 0 Å². The average Bonchev–Trinajstić information content (AvgIpc) is 2.13. The number of carbonyl (C=O) groups is 1. The molecule has 1 heterocycles. The van der Waals surface area contributed by atoms with Crippen LogP contribution in [0.2, 0.25) is 15.2 Å². The van der Waals surface area contributed by atoms with Crippen LogP contribution in [0.1, 0.15) is 5.69 Å². The Morgan fingerprint density at radius 2 is 2.14 bits per heavy atom. The fraction of sp³-hybridized carbons (Fsp3) is 0.250. The maximum Gasteiger partial charge on any atom is 0.293 e. The van der Waals surface area contributed by atoms with Crippen LogP contribution in [0, 0.1) is 0 Å². The molecule has 0 atom stereocenters. The molecule has 0 aliphatic heterocycles. The maximum absolute atomic E-state index is 9.89. The van der Waals surface area contributed by atoms with E-state index < -0.39 is 0 Å². The molecule has 0 aliphatic carbocycles. The molecule has 6 heteroatoms. The van der Waals surface area contributed by atoms with Crippen LogP contribution in [0.25, 0.3) is 0 Å². The first-order chi connectivity index (χ1) is 6.65. The van der Waals surface area contributed by atoms with Crippen molar-refractivity contribution in [3.63, 3.8) is 0 Å². The fourth-order valence-electron chi connectivity index (χ4n) is 0.885. The number of pyridine rings is 1. The van der Waals surface area contributed by atoms with Crippen LogP contribution in [0.5, 0.6) is 0 Å². The minimum atomic E-state index is 0.201. The van der Waals surface area contributed by atoms with E-state index in [1.807, 2.05) is 0 Å². The van der Waals surface area contributed by atoms with E-state index >= 15 is 0 Å². The molecule has 1 aromatic heterocycles. The van der Waals surface area contributed by atoms with E-state index in [0.717, 1.165) is 0 Å². The molecule has 3 nitrogen and oxygen atoms in total. The number of carbonyl (C=O) groups excluding carboxylic acids is 1. The van der Waals surface area contributed by atoms with Crippen molar-refractivity contribution in [3.05, 3.63) is 27.0 Å². The topological polar surface area (TPSA) is 39.2 Å². The Bertz CT molecular complexity index is 344. The van der Waals surface area contributed by atoms with E-state index in [2.05, 4.69) is 9.72 Å². The van der Waals surface area contributed by atoms with Gasteiger partial charge in [0.05, 0.1) is 22.3 Å². The van der Waals surface area contributed by atoms with E-state index in [4.69, 9.17) is 34.8 Å². The standard InChI is InChI=1S/C8H6Cl3NO2/c9-5-3-7(10)12-6(8(5)11)1-2-14-4-13/h3-4H,1-2H2. The minimum Gasteiger partial charge on any atom is -0.467 e. The summed E-state index contributed by atoms with van der Waals surface area (Å²) in [6.45, 7) is 0.562. The Morgan fingerprint density at radius 1 is 1.43 bits per heavy atom. The van der Waals surface area contributed by atoms with E-state index in [1.54, 1.807) is 0 Å². The average molecular weight is 254 g/mol. The van der Waals surface area contributed by atoms with Crippen molar-refractivity contribution in [2.45, 2.75) is 6.42 Å². The normalized spacial score (nSPS) is 9.93. The van der Waals surface area contributed by atoms with Gasteiger partial charge in [-0.05, 0) is 6.07 Å².